The number of H-pyrrole nitrogens is 1. The summed E-state index contributed by atoms with van der Waals surface area (Å²) in [5.41, 5.74) is 2.44. The summed E-state index contributed by atoms with van der Waals surface area (Å²) in [6.07, 6.45) is 6.17. The number of hydrogen-bond donors (Lipinski definition) is 1. The van der Waals surface area contributed by atoms with Gasteiger partial charge in [-0.2, -0.15) is 5.10 Å². The highest BCUT2D eigenvalue weighted by Gasteiger charge is 2.29. The van der Waals surface area contributed by atoms with Gasteiger partial charge in [-0.25, -0.2) is 0 Å². The zero-order chi connectivity index (χ0) is 11.8. The minimum atomic E-state index is 0.597. The quantitative estimate of drug-likeness (QED) is 0.847. The second-order valence-electron chi connectivity index (χ2n) is 4.55. The molecule has 2 aromatic rings. The standard InChI is InChI=1S/C12H14N4S/c1-8-4-5-13-6-10(8)7-16-11(9-2-3-9)14-15-12(16)17/h4-6,9H,2-3,7H2,1H3,(H,15,17). The summed E-state index contributed by atoms with van der Waals surface area (Å²) in [6.45, 7) is 2.86. The van der Waals surface area contributed by atoms with Crippen LogP contribution in [-0.2, 0) is 6.54 Å². The molecule has 0 spiro atoms. The lowest BCUT2D eigenvalue weighted by molar-refractivity contribution is 0.713. The van der Waals surface area contributed by atoms with Gasteiger partial charge in [0, 0.05) is 18.3 Å². The van der Waals surface area contributed by atoms with Crippen molar-refractivity contribution in [2.45, 2.75) is 32.2 Å². The molecular formula is C12H14N4S. The molecule has 2 heterocycles. The lowest BCUT2D eigenvalue weighted by Crippen LogP contribution is -2.06. The predicted octanol–water partition coefficient (Wildman–Crippen LogP) is 2.57. The van der Waals surface area contributed by atoms with Gasteiger partial charge in [0.25, 0.3) is 0 Å². The molecule has 17 heavy (non-hydrogen) atoms. The molecule has 1 N–H and O–H groups in total. The Balaban J connectivity index is 1.97. The number of aromatic amines is 1. The molecule has 5 heteroatoms. The van der Waals surface area contributed by atoms with Crippen LogP contribution in [0, 0.1) is 11.7 Å². The number of aryl methyl sites for hydroxylation is 1. The van der Waals surface area contributed by atoms with Crippen LogP contribution in [0.1, 0.15) is 35.7 Å². The van der Waals surface area contributed by atoms with Crippen molar-refractivity contribution >= 4 is 12.2 Å². The Morgan fingerprint density at radius 2 is 2.35 bits per heavy atom. The smallest absolute Gasteiger partial charge is 0.195 e. The minimum Gasteiger partial charge on any atom is -0.299 e. The van der Waals surface area contributed by atoms with Gasteiger partial charge in [0.2, 0.25) is 0 Å². The fourth-order valence-corrected chi connectivity index (χ4v) is 2.17. The second kappa shape index (κ2) is 4.07. The molecule has 0 saturated heterocycles. The van der Waals surface area contributed by atoms with Crippen molar-refractivity contribution in [1.82, 2.24) is 19.7 Å². The molecule has 88 valence electrons. The SMILES string of the molecule is Cc1ccncc1Cn1c(C2CC2)n[nH]c1=S. The number of aromatic nitrogens is 4. The van der Waals surface area contributed by atoms with Gasteiger partial charge < -0.3 is 0 Å². The molecule has 0 aromatic carbocycles. The molecule has 4 nitrogen and oxygen atoms in total. The molecule has 1 fully saturated rings. The molecule has 0 radical (unpaired) electrons. The molecule has 0 bridgehead atoms. The van der Waals surface area contributed by atoms with Crippen LogP contribution in [0.3, 0.4) is 0 Å². The van der Waals surface area contributed by atoms with Crippen LogP contribution in [-0.4, -0.2) is 19.7 Å². The van der Waals surface area contributed by atoms with Gasteiger partial charge in [-0.05, 0) is 49.2 Å². The number of hydrogen-bond acceptors (Lipinski definition) is 3. The van der Waals surface area contributed by atoms with E-state index in [9.17, 15) is 0 Å². The number of nitrogens with one attached hydrogen (secondary N) is 1. The summed E-state index contributed by atoms with van der Waals surface area (Å²) in [4.78, 5) is 4.17. The molecular weight excluding hydrogens is 232 g/mol. The molecule has 3 rings (SSSR count). The van der Waals surface area contributed by atoms with Crippen molar-refractivity contribution in [1.29, 1.82) is 0 Å². The lowest BCUT2D eigenvalue weighted by atomic mass is 10.1. The van der Waals surface area contributed by atoms with E-state index in [1.54, 1.807) is 0 Å². The van der Waals surface area contributed by atoms with E-state index in [1.807, 2.05) is 18.5 Å². The molecule has 1 saturated carbocycles. The Morgan fingerprint density at radius 1 is 1.53 bits per heavy atom. The molecule has 1 aliphatic rings. The lowest BCUT2D eigenvalue weighted by Gasteiger charge is -2.08. The maximum Gasteiger partial charge on any atom is 0.195 e. The molecule has 0 aliphatic heterocycles. The van der Waals surface area contributed by atoms with Crippen molar-refractivity contribution in [3.8, 4) is 0 Å². The fourth-order valence-electron chi connectivity index (χ4n) is 1.97. The first-order valence-corrected chi connectivity index (χ1v) is 6.21. The van der Waals surface area contributed by atoms with E-state index >= 15 is 0 Å². The van der Waals surface area contributed by atoms with E-state index in [0.717, 1.165) is 12.4 Å². The summed E-state index contributed by atoms with van der Waals surface area (Å²) in [5, 5.41) is 7.22. The highest BCUT2D eigenvalue weighted by molar-refractivity contribution is 7.71. The maximum absolute atomic E-state index is 5.29. The third kappa shape index (κ3) is 2.02. The van der Waals surface area contributed by atoms with E-state index < -0.39 is 0 Å². The fraction of sp³-hybridized carbons (Fsp3) is 0.417. The van der Waals surface area contributed by atoms with Crippen LogP contribution in [0.5, 0.6) is 0 Å². The second-order valence-corrected chi connectivity index (χ2v) is 4.94. The first kappa shape index (κ1) is 10.7. The number of rotatable bonds is 3. The van der Waals surface area contributed by atoms with E-state index in [1.165, 1.54) is 24.0 Å². The van der Waals surface area contributed by atoms with Crippen LogP contribution < -0.4 is 0 Å². The highest BCUT2D eigenvalue weighted by Crippen LogP contribution is 2.39. The van der Waals surface area contributed by atoms with Gasteiger partial charge in [0.15, 0.2) is 4.77 Å². The summed E-state index contributed by atoms with van der Waals surface area (Å²) in [5.74, 6) is 1.69. The van der Waals surface area contributed by atoms with Crippen molar-refractivity contribution in [2.24, 2.45) is 0 Å². The molecule has 1 aliphatic carbocycles. The normalized spacial score (nSPS) is 15.1. The van der Waals surface area contributed by atoms with Crippen LogP contribution >= 0.6 is 12.2 Å². The summed E-state index contributed by atoms with van der Waals surface area (Å²) >= 11 is 5.29. The third-order valence-corrected chi connectivity index (χ3v) is 3.52. The zero-order valence-corrected chi connectivity index (χ0v) is 10.5. The van der Waals surface area contributed by atoms with Gasteiger partial charge in [-0.1, -0.05) is 0 Å². The van der Waals surface area contributed by atoms with Crippen molar-refractivity contribution in [2.75, 3.05) is 0 Å². The molecule has 2 aromatic heterocycles. The van der Waals surface area contributed by atoms with Crippen LogP contribution in [0.15, 0.2) is 18.5 Å². The topological polar surface area (TPSA) is 46.5 Å². The average Bonchev–Trinajstić information content (AvgIpc) is 3.09. The van der Waals surface area contributed by atoms with Gasteiger partial charge in [-0.3, -0.25) is 14.6 Å². The largest absolute Gasteiger partial charge is 0.299 e. The Morgan fingerprint density at radius 3 is 3.06 bits per heavy atom. The third-order valence-electron chi connectivity index (χ3n) is 3.21. The monoisotopic (exact) mass is 246 g/mol. The Hall–Kier alpha value is -1.49. The molecule has 0 amide bonds. The van der Waals surface area contributed by atoms with Crippen molar-refractivity contribution in [3.63, 3.8) is 0 Å². The van der Waals surface area contributed by atoms with E-state index in [2.05, 4.69) is 26.7 Å². The first-order chi connectivity index (χ1) is 8.25. The number of nitrogens with zero attached hydrogens (tertiary/aromatic N) is 3. The zero-order valence-electron chi connectivity index (χ0n) is 9.68. The predicted molar refractivity (Wildman–Crippen MR) is 67.5 cm³/mol. The Kier molecular flexibility index (Phi) is 2.55. The van der Waals surface area contributed by atoms with Crippen molar-refractivity contribution in [3.05, 3.63) is 40.2 Å². The summed E-state index contributed by atoms with van der Waals surface area (Å²) < 4.78 is 2.80. The van der Waals surface area contributed by atoms with Gasteiger partial charge in [-0.15, -0.1) is 0 Å². The van der Waals surface area contributed by atoms with Crippen molar-refractivity contribution < 1.29 is 0 Å². The maximum atomic E-state index is 5.29. The first-order valence-electron chi connectivity index (χ1n) is 5.80. The molecule has 0 unspecified atom stereocenters. The van der Waals surface area contributed by atoms with Gasteiger partial charge in [0.1, 0.15) is 5.82 Å². The van der Waals surface area contributed by atoms with E-state index in [-0.39, 0.29) is 0 Å². The Labute approximate surface area is 105 Å². The van der Waals surface area contributed by atoms with Gasteiger partial charge in [0.05, 0.1) is 6.54 Å². The van der Waals surface area contributed by atoms with Crippen LogP contribution in [0.25, 0.3) is 0 Å². The van der Waals surface area contributed by atoms with Crippen LogP contribution in [0.2, 0.25) is 0 Å². The van der Waals surface area contributed by atoms with E-state index in [4.69, 9.17) is 12.2 Å². The highest BCUT2D eigenvalue weighted by atomic mass is 32.1. The summed E-state index contributed by atoms with van der Waals surface area (Å²) in [7, 11) is 0. The van der Waals surface area contributed by atoms with E-state index in [0.29, 0.717) is 10.7 Å². The molecule has 0 atom stereocenters. The van der Waals surface area contributed by atoms with Gasteiger partial charge >= 0.3 is 0 Å². The Bertz CT molecular complexity index is 595. The summed E-state index contributed by atoms with van der Waals surface area (Å²) in [6, 6.07) is 2.02. The minimum absolute atomic E-state index is 0.597. The van der Waals surface area contributed by atoms with Crippen LogP contribution in [0.4, 0.5) is 0 Å². The number of pyridine rings is 1. The average molecular weight is 246 g/mol.